The van der Waals surface area contributed by atoms with Crippen LogP contribution in [-0.4, -0.2) is 40.3 Å². The van der Waals surface area contributed by atoms with Gasteiger partial charge in [0, 0.05) is 37.8 Å². The van der Waals surface area contributed by atoms with Crippen LogP contribution in [0.25, 0.3) is 0 Å². The number of carbonyl (C=O) groups excluding carboxylic acids is 2. The number of nitrogens with one attached hydrogen (secondary N) is 1. The zero-order chi connectivity index (χ0) is 18.1. The molecule has 5 heteroatoms. The maximum atomic E-state index is 12.8. The summed E-state index contributed by atoms with van der Waals surface area (Å²) < 4.78 is 0. The Balaban J connectivity index is 1.51. The summed E-state index contributed by atoms with van der Waals surface area (Å²) in [6.45, 7) is 3.24. The standard InChI is InChI=1S/C21H23N3O2/c1-15-11-17(14-22-13-15)20(26)24-9-7-21(8-10-24)18(12-19(25)23-21)16-5-3-2-4-6-16/h2-6,11,13-14,18H,7-10,12H2,1H3,(H,23,25)/t18-/m0/s1. The summed E-state index contributed by atoms with van der Waals surface area (Å²) in [5, 5.41) is 3.24. The van der Waals surface area contributed by atoms with E-state index in [2.05, 4.69) is 22.4 Å². The maximum Gasteiger partial charge on any atom is 0.255 e. The van der Waals surface area contributed by atoms with Crippen LogP contribution in [0.1, 0.15) is 46.7 Å². The Hall–Kier alpha value is -2.69. The molecule has 0 saturated carbocycles. The summed E-state index contributed by atoms with van der Waals surface area (Å²) in [5.41, 5.74) is 2.58. The molecule has 134 valence electrons. The molecular weight excluding hydrogens is 326 g/mol. The smallest absolute Gasteiger partial charge is 0.255 e. The second-order valence-corrected chi connectivity index (χ2v) is 7.41. The number of benzene rings is 1. The van der Waals surface area contributed by atoms with Crippen LogP contribution < -0.4 is 5.32 Å². The minimum atomic E-state index is -0.236. The van der Waals surface area contributed by atoms with Crippen molar-refractivity contribution in [1.82, 2.24) is 15.2 Å². The quantitative estimate of drug-likeness (QED) is 0.907. The van der Waals surface area contributed by atoms with E-state index in [1.807, 2.05) is 36.1 Å². The monoisotopic (exact) mass is 349 g/mol. The molecule has 2 amide bonds. The average molecular weight is 349 g/mol. The first-order valence-electron chi connectivity index (χ1n) is 9.14. The molecule has 1 aromatic heterocycles. The molecule has 1 atom stereocenters. The van der Waals surface area contributed by atoms with Crippen LogP contribution in [0.2, 0.25) is 0 Å². The summed E-state index contributed by atoms with van der Waals surface area (Å²) in [6.07, 6.45) is 5.47. The van der Waals surface area contributed by atoms with E-state index in [1.54, 1.807) is 12.4 Å². The number of hydrogen-bond donors (Lipinski definition) is 1. The highest BCUT2D eigenvalue weighted by molar-refractivity contribution is 5.94. The van der Waals surface area contributed by atoms with Gasteiger partial charge in [0.05, 0.1) is 11.1 Å². The first-order chi connectivity index (χ1) is 12.6. The summed E-state index contributed by atoms with van der Waals surface area (Å²) in [5.74, 6) is 0.312. The van der Waals surface area contributed by atoms with Gasteiger partial charge in [-0.15, -0.1) is 0 Å². The third-order valence-electron chi connectivity index (χ3n) is 5.71. The minimum Gasteiger partial charge on any atom is -0.350 e. The minimum absolute atomic E-state index is 0.0247. The Morgan fingerprint density at radius 2 is 1.92 bits per heavy atom. The molecule has 1 N–H and O–H groups in total. The number of carbonyl (C=O) groups is 2. The normalized spacial score (nSPS) is 21.7. The van der Waals surface area contributed by atoms with E-state index < -0.39 is 0 Å². The average Bonchev–Trinajstić information content (AvgIpc) is 2.98. The van der Waals surface area contributed by atoms with E-state index in [-0.39, 0.29) is 23.3 Å². The van der Waals surface area contributed by atoms with Crippen LogP contribution in [0.15, 0.2) is 48.8 Å². The lowest BCUT2D eigenvalue weighted by atomic mass is 9.74. The van der Waals surface area contributed by atoms with Crippen LogP contribution in [0.4, 0.5) is 0 Å². The first-order valence-corrected chi connectivity index (χ1v) is 9.14. The van der Waals surface area contributed by atoms with Crippen LogP contribution in [0.5, 0.6) is 0 Å². The molecule has 2 fully saturated rings. The zero-order valence-corrected chi connectivity index (χ0v) is 14.9. The first kappa shape index (κ1) is 16.8. The molecular formula is C21H23N3O2. The number of amides is 2. The topological polar surface area (TPSA) is 62.3 Å². The van der Waals surface area contributed by atoms with E-state index >= 15 is 0 Å². The SMILES string of the molecule is Cc1cncc(C(=O)N2CCC3(CC2)NC(=O)C[C@H]3c2ccccc2)c1. The highest BCUT2D eigenvalue weighted by Gasteiger charge is 2.49. The molecule has 0 aliphatic carbocycles. The van der Waals surface area contributed by atoms with Crippen LogP contribution in [0, 0.1) is 6.92 Å². The van der Waals surface area contributed by atoms with Gasteiger partial charge in [-0.25, -0.2) is 0 Å². The van der Waals surface area contributed by atoms with Crippen molar-refractivity contribution in [3.05, 3.63) is 65.5 Å². The molecule has 3 heterocycles. The van der Waals surface area contributed by atoms with Crippen LogP contribution >= 0.6 is 0 Å². The van der Waals surface area contributed by atoms with Crippen LogP contribution in [-0.2, 0) is 4.79 Å². The Morgan fingerprint density at radius 1 is 1.19 bits per heavy atom. The van der Waals surface area contributed by atoms with Crippen molar-refractivity contribution < 1.29 is 9.59 Å². The fourth-order valence-electron chi connectivity index (χ4n) is 4.36. The van der Waals surface area contributed by atoms with E-state index in [0.717, 1.165) is 18.4 Å². The fraction of sp³-hybridized carbons (Fsp3) is 0.381. The molecule has 5 nitrogen and oxygen atoms in total. The number of piperidine rings is 1. The van der Waals surface area contributed by atoms with Crippen LogP contribution in [0.3, 0.4) is 0 Å². The van der Waals surface area contributed by atoms with Gasteiger partial charge in [-0.3, -0.25) is 14.6 Å². The van der Waals surface area contributed by atoms with Gasteiger partial charge in [-0.05, 0) is 37.0 Å². The second kappa shape index (κ2) is 6.56. The number of hydrogen-bond acceptors (Lipinski definition) is 3. The molecule has 0 bridgehead atoms. The third kappa shape index (κ3) is 2.98. The molecule has 1 spiro atoms. The van der Waals surface area contributed by atoms with Crippen molar-refractivity contribution in [2.45, 2.75) is 37.6 Å². The molecule has 0 unspecified atom stereocenters. The van der Waals surface area contributed by atoms with Gasteiger partial charge in [-0.2, -0.15) is 0 Å². The van der Waals surface area contributed by atoms with Crippen molar-refractivity contribution in [2.24, 2.45) is 0 Å². The third-order valence-corrected chi connectivity index (χ3v) is 5.71. The van der Waals surface area contributed by atoms with Gasteiger partial charge in [0.25, 0.3) is 5.91 Å². The van der Waals surface area contributed by atoms with Gasteiger partial charge < -0.3 is 10.2 Å². The molecule has 2 saturated heterocycles. The van der Waals surface area contributed by atoms with E-state index in [0.29, 0.717) is 25.1 Å². The van der Waals surface area contributed by atoms with Gasteiger partial charge in [0.15, 0.2) is 0 Å². The second-order valence-electron chi connectivity index (χ2n) is 7.41. The number of nitrogens with zero attached hydrogens (tertiary/aromatic N) is 2. The predicted molar refractivity (Wildman–Crippen MR) is 98.8 cm³/mol. The zero-order valence-electron chi connectivity index (χ0n) is 14.9. The van der Waals surface area contributed by atoms with Crippen molar-refractivity contribution in [2.75, 3.05) is 13.1 Å². The molecule has 2 aliphatic heterocycles. The number of rotatable bonds is 2. The molecule has 2 aromatic rings. The number of aryl methyl sites for hydroxylation is 1. The van der Waals surface area contributed by atoms with Crippen molar-refractivity contribution in [1.29, 1.82) is 0 Å². The van der Waals surface area contributed by atoms with E-state index in [4.69, 9.17) is 0 Å². The summed E-state index contributed by atoms with van der Waals surface area (Å²) in [6, 6.07) is 12.1. The lowest BCUT2D eigenvalue weighted by molar-refractivity contribution is -0.120. The van der Waals surface area contributed by atoms with Crippen molar-refractivity contribution in [3.63, 3.8) is 0 Å². The Morgan fingerprint density at radius 3 is 2.62 bits per heavy atom. The highest BCUT2D eigenvalue weighted by Crippen LogP contribution is 2.43. The summed E-state index contributed by atoms with van der Waals surface area (Å²) in [7, 11) is 0. The molecule has 4 rings (SSSR count). The molecule has 26 heavy (non-hydrogen) atoms. The van der Waals surface area contributed by atoms with Gasteiger partial charge in [-0.1, -0.05) is 30.3 Å². The maximum absolute atomic E-state index is 12.8. The number of pyridine rings is 1. The lowest BCUT2D eigenvalue weighted by Crippen LogP contribution is -2.54. The lowest BCUT2D eigenvalue weighted by Gasteiger charge is -2.43. The van der Waals surface area contributed by atoms with E-state index in [9.17, 15) is 9.59 Å². The highest BCUT2D eigenvalue weighted by atomic mass is 16.2. The molecule has 1 aromatic carbocycles. The van der Waals surface area contributed by atoms with Gasteiger partial charge >= 0.3 is 0 Å². The largest absolute Gasteiger partial charge is 0.350 e. The molecule has 2 aliphatic rings. The number of likely N-dealkylation sites (tertiary alicyclic amines) is 1. The summed E-state index contributed by atoms with van der Waals surface area (Å²) >= 11 is 0. The van der Waals surface area contributed by atoms with Gasteiger partial charge in [0.1, 0.15) is 0 Å². The predicted octanol–water partition coefficient (Wildman–Crippen LogP) is 2.67. The van der Waals surface area contributed by atoms with Crippen molar-refractivity contribution in [3.8, 4) is 0 Å². The van der Waals surface area contributed by atoms with Crippen molar-refractivity contribution >= 4 is 11.8 Å². The number of aromatic nitrogens is 1. The Labute approximate surface area is 153 Å². The van der Waals surface area contributed by atoms with Gasteiger partial charge in [0.2, 0.25) is 5.91 Å². The summed E-state index contributed by atoms with van der Waals surface area (Å²) in [4.78, 5) is 31.0. The Bertz CT molecular complexity index is 826. The van der Waals surface area contributed by atoms with E-state index in [1.165, 1.54) is 5.56 Å². The molecule has 0 radical (unpaired) electrons. The fourth-order valence-corrected chi connectivity index (χ4v) is 4.36. The Kier molecular flexibility index (Phi) is 4.23.